The summed E-state index contributed by atoms with van der Waals surface area (Å²) in [6, 6.07) is 8.94. The molecule has 28 heavy (non-hydrogen) atoms. The van der Waals surface area contributed by atoms with Crippen molar-refractivity contribution in [1.82, 2.24) is 14.7 Å². The lowest BCUT2D eigenvalue weighted by molar-refractivity contribution is -0.0533. The van der Waals surface area contributed by atoms with Crippen molar-refractivity contribution in [2.24, 2.45) is 13.0 Å². The van der Waals surface area contributed by atoms with Crippen molar-refractivity contribution in [2.45, 2.75) is 38.7 Å². The van der Waals surface area contributed by atoms with Crippen molar-refractivity contribution in [2.75, 3.05) is 19.7 Å². The van der Waals surface area contributed by atoms with Crippen LogP contribution in [0.3, 0.4) is 0 Å². The summed E-state index contributed by atoms with van der Waals surface area (Å²) in [6.07, 6.45) is 2.14. The van der Waals surface area contributed by atoms with Gasteiger partial charge in [0.15, 0.2) is 0 Å². The van der Waals surface area contributed by atoms with Crippen molar-refractivity contribution in [3.8, 4) is 5.75 Å². The Hall–Kier alpha value is -2.05. The standard InChI is InChI=1S/C21H28ClN3O3/c1-15(2)10-17-12-19(24(3)23-17)20(26)25-9-5-8-21(27,13-25)14-28-18-7-4-6-16(22)11-18/h4,6-7,11-12,15,27H,5,8-10,13-14H2,1-3H3. The Labute approximate surface area is 171 Å². The number of hydrogen-bond acceptors (Lipinski definition) is 4. The Balaban J connectivity index is 1.66. The van der Waals surface area contributed by atoms with Crippen LogP contribution in [-0.2, 0) is 13.5 Å². The number of halogens is 1. The predicted molar refractivity (Wildman–Crippen MR) is 109 cm³/mol. The highest BCUT2D eigenvalue weighted by Gasteiger charge is 2.37. The van der Waals surface area contributed by atoms with E-state index in [-0.39, 0.29) is 19.1 Å². The number of carbonyl (C=O) groups excluding carboxylic acids is 1. The van der Waals surface area contributed by atoms with Crippen LogP contribution in [0.15, 0.2) is 30.3 Å². The lowest BCUT2D eigenvalue weighted by Crippen LogP contribution is -2.53. The lowest BCUT2D eigenvalue weighted by atomic mass is 9.93. The van der Waals surface area contributed by atoms with Gasteiger partial charge in [0.1, 0.15) is 23.7 Å². The highest BCUT2D eigenvalue weighted by Crippen LogP contribution is 2.25. The highest BCUT2D eigenvalue weighted by molar-refractivity contribution is 6.30. The molecule has 7 heteroatoms. The van der Waals surface area contributed by atoms with Gasteiger partial charge in [-0.2, -0.15) is 5.10 Å². The van der Waals surface area contributed by atoms with Gasteiger partial charge in [-0.1, -0.05) is 31.5 Å². The molecule has 1 saturated heterocycles. The van der Waals surface area contributed by atoms with Gasteiger partial charge in [-0.15, -0.1) is 0 Å². The Morgan fingerprint density at radius 3 is 2.89 bits per heavy atom. The third-order valence-corrected chi connectivity index (χ3v) is 5.15. The minimum atomic E-state index is -1.09. The molecule has 0 spiro atoms. The molecule has 1 aliphatic heterocycles. The van der Waals surface area contributed by atoms with Crippen LogP contribution in [0, 0.1) is 5.92 Å². The van der Waals surface area contributed by atoms with Crippen LogP contribution < -0.4 is 4.74 Å². The van der Waals surface area contributed by atoms with Gasteiger partial charge >= 0.3 is 0 Å². The van der Waals surface area contributed by atoms with Crippen molar-refractivity contribution in [1.29, 1.82) is 0 Å². The van der Waals surface area contributed by atoms with Crippen LogP contribution in [0.5, 0.6) is 5.75 Å². The number of β-amino-alcohol motifs (C(OH)–C–C–N with tert-alkyl or cyclic N) is 1. The Bertz CT molecular complexity index is 836. The van der Waals surface area contributed by atoms with Crippen molar-refractivity contribution < 1.29 is 14.6 Å². The molecule has 1 atom stereocenters. The summed E-state index contributed by atoms with van der Waals surface area (Å²) in [4.78, 5) is 14.7. The molecule has 0 radical (unpaired) electrons. The summed E-state index contributed by atoms with van der Waals surface area (Å²) in [5.41, 5.74) is 0.378. The van der Waals surface area contributed by atoms with Gasteiger partial charge in [-0.25, -0.2) is 0 Å². The molecular formula is C21H28ClN3O3. The molecule has 0 aliphatic carbocycles. The van der Waals surface area contributed by atoms with E-state index in [1.54, 1.807) is 40.9 Å². The number of aliphatic hydroxyl groups is 1. The molecule has 0 saturated carbocycles. The number of piperidine rings is 1. The van der Waals surface area contributed by atoms with Crippen LogP contribution in [0.25, 0.3) is 0 Å². The van der Waals surface area contributed by atoms with E-state index in [4.69, 9.17) is 16.3 Å². The maximum absolute atomic E-state index is 13.0. The molecule has 1 aromatic heterocycles. The molecule has 1 unspecified atom stereocenters. The van der Waals surface area contributed by atoms with Gasteiger partial charge < -0.3 is 14.7 Å². The number of likely N-dealkylation sites (tertiary alicyclic amines) is 1. The molecule has 1 amide bonds. The average molecular weight is 406 g/mol. The van der Waals surface area contributed by atoms with Crippen LogP contribution in [0.1, 0.15) is 42.9 Å². The fraction of sp³-hybridized carbons (Fsp3) is 0.524. The number of carbonyl (C=O) groups is 1. The number of nitrogens with zero attached hydrogens (tertiary/aromatic N) is 3. The first-order chi connectivity index (χ1) is 13.3. The third kappa shape index (κ3) is 5.06. The monoisotopic (exact) mass is 405 g/mol. The second-order valence-electron chi connectivity index (χ2n) is 8.04. The largest absolute Gasteiger partial charge is 0.490 e. The molecule has 1 aliphatic rings. The van der Waals surface area contributed by atoms with Crippen molar-refractivity contribution >= 4 is 17.5 Å². The first kappa shape index (κ1) is 20.7. The zero-order chi connectivity index (χ0) is 20.3. The molecule has 1 N–H and O–H groups in total. The molecule has 1 aromatic carbocycles. The van der Waals surface area contributed by atoms with Crippen molar-refractivity contribution in [3.63, 3.8) is 0 Å². The zero-order valence-electron chi connectivity index (χ0n) is 16.7. The Kier molecular flexibility index (Phi) is 6.30. The zero-order valence-corrected chi connectivity index (χ0v) is 17.4. The molecule has 3 rings (SSSR count). The first-order valence-corrected chi connectivity index (χ1v) is 10.1. The summed E-state index contributed by atoms with van der Waals surface area (Å²) < 4.78 is 7.38. The van der Waals surface area contributed by atoms with Crippen LogP contribution in [0.4, 0.5) is 0 Å². The molecular weight excluding hydrogens is 378 g/mol. The normalized spacial score (nSPS) is 19.9. The lowest BCUT2D eigenvalue weighted by Gasteiger charge is -2.38. The topological polar surface area (TPSA) is 67.6 Å². The quantitative estimate of drug-likeness (QED) is 0.800. The average Bonchev–Trinajstić information content (AvgIpc) is 2.99. The fourth-order valence-electron chi connectivity index (χ4n) is 3.58. The highest BCUT2D eigenvalue weighted by atomic mass is 35.5. The van der Waals surface area contributed by atoms with Gasteiger partial charge in [0.25, 0.3) is 5.91 Å². The third-order valence-electron chi connectivity index (χ3n) is 4.91. The number of aryl methyl sites for hydroxylation is 1. The van der Waals surface area contributed by atoms with Gasteiger partial charge in [-0.3, -0.25) is 9.48 Å². The van der Waals surface area contributed by atoms with Crippen LogP contribution in [-0.4, -0.2) is 51.0 Å². The second kappa shape index (κ2) is 8.53. The molecule has 0 bridgehead atoms. The first-order valence-electron chi connectivity index (χ1n) is 9.69. The van der Waals surface area contributed by atoms with Crippen LogP contribution >= 0.6 is 11.6 Å². The van der Waals surface area contributed by atoms with E-state index in [1.165, 1.54) is 0 Å². The summed E-state index contributed by atoms with van der Waals surface area (Å²) >= 11 is 5.98. The van der Waals surface area contributed by atoms with Gasteiger partial charge in [0.2, 0.25) is 0 Å². The molecule has 6 nitrogen and oxygen atoms in total. The SMILES string of the molecule is CC(C)Cc1cc(C(=O)N2CCCC(O)(COc3cccc(Cl)c3)C2)n(C)n1. The Morgan fingerprint density at radius 1 is 1.39 bits per heavy atom. The number of aromatic nitrogens is 2. The van der Waals surface area contributed by atoms with E-state index < -0.39 is 5.60 Å². The fourth-order valence-corrected chi connectivity index (χ4v) is 3.77. The van der Waals surface area contributed by atoms with E-state index in [0.29, 0.717) is 35.3 Å². The minimum Gasteiger partial charge on any atom is -0.490 e. The maximum Gasteiger partial charge on any atom is 0.272 e. The number of benzene rings is 1. The maximum atomic E-state index is 13.0. The number of hydrogen-bond donors (Lipinski definition) is 1. The predicted octanol–water partition coefficient (Wildman–Crippen LogP) is 3.32. The molecule has 2 heterocycles. The van der Waals surface area contributed by atoms with Gasteiger partial charge in [0, 0.05) is 18.6 Å². The Morgan fingerprint density at radius 2 is 2.18 bits per heavy atom. The molecule has 152 valence electrons. The van der Waals surface area contributed by atoms with E-state index >= 15 is 0 Å². The van der Waals surface area contributed by atoms with Crippen molar-refractivity contribution in [3.05, 3.63) is 46.7 Å². The molecule has 2 aromatic rings. The van der Waals surface area contributed by atoms with E-state index in [9.17, 15) is 9.90 Å². The van der Waals surface area contributed by atoms with Gasteiger partial charge in [0.05, 0.1) is 12.2 Å². The number of amides is 1. The molecule has 1 fully saturated rings. The number of rotatable bonds is 6. The van der Waals surface area contributed by atoms with E-state index in [1.807, 2.05) is 6.07 Å². The minimum absolute atomic E-state index is 0.106. The summed E-state index contributed by atoms with van der Waals surface area (Å²) in [7, 11) is 1.79. The summed E-state index contributed by atoms with van der Waals surface area (Å²) in [5, 5.41) is 16.0. The van der Waals surface area contributed by atoms with Crippen LogP contribution in [0.2, 0.25) is 5.02 Å². The van der Waals surface area contributed by atoms with E-state index in [0.717, 1.165) is 18.5 Å². The van der Waals surface area contributed by atoms with Gasteiger partial charge in [-0.05, 0) is 49.4 Å². The summed E-state index contributed by atoms with van der Waals surface area (Å²) in [5.74, 6) is 0.974. The second-order valence-corrected chi connectivity index (χ2v) is 8.48. The number of ether oxygens (including phenoxy) is 1. The summed E-state index contributed by atoms with van der Waals surface area (Å²) in [6.45, 7) is 5.21. The smallest absolute Gasteiger partial charge is 0.272 e. The van der Waals surface area contributed by atoms with E-state index in [2.05, 4.69) is 18.9 Å².